The van der Waals surface area contributed by atoms with Crippen molar-refractivity contribution in [1.29, 1.82) is 0 Å². The molecule has 1 saturated carbocycles. The number of carbonyl (C=O) groups excluding carboxylic acids is 3. The maximum absolute atomic E-state index is 13.3. The average molecular weight is 459 g/mol. The standard InChI is InChI=1S/C26H34O7/c1-25(2)13-10-14-26(3)19(23(28)32-6)17(22(27)31-5)15-18(21(25)26)33-24(29)20(30-4)16-11-8-7-9-12-16/h7-9,11-12,18,20-21H,10,13-15H2,1-6H3/t18-,20-,21-,26+/m1/s1. The van der Waals surface area contributed by atoms with Crippen LogP contribution in [0.2, 0.25) is 0 Å². The zero-order valence-electron chi connectivity index (χ0n) is 20.3. The number of benzene rings is 1. The molecule has 7 nitrogen and oxygen atoms in total. The summed E-state index contributed by atoms with van der Waals surface area (Å²) in [5, 5.41) is 0. The first-order chi connectivity index (χ1) is 15.6. The molecule has 7 heteroatoms. The molecular formula is C26H34O7. The van der Waals surface area contributed by atoms with Crippen molar-refractivity contribution in [2.75, 3.05) is 21.3 Å². The molecule has 0 saturated heterocycles. The summed E-state index contributed by atoms with van der Waals surface area (Å²) in [4.78, 5) is 39.0. The third-order valence-electron chi connectivity index (χ3n) is 7.34. The smallest absolute Gasteiger partial charge is 0.340 e. The van der Waals surface area contributed by atoms with Crippen LogP contribution in [-0.2, 0) is 33.3 Å². The van der Waals surface area contributed by atoms with Gasteiger partial charge in [-0.2, -0.15) is 0 Å². The van der Waals surface area contributed by atoms with Crippen molar-refractivity contribution in [2.45, 2.75) is 58.7 Å². The number of ether oxygens (including phenoxy) is 4. The summed E-state index contributed by atoms with van der Waals surface area (Å²) in [7, 11) is 4.05. The molecule has 2 aliphatic rings. The Bertz CT molecular complexity index is 933. The molecule has 0 heterocycles. The minimum atomic E-state index is -0.892. The van der Waals surface area contributed by atoms with Crippen LogP contribution in [0.1, 0.15) is 58.1 Å². The number of hydrogen-bond acceptors (Lipinski definition) is 7. The lowest BCUT2D eigenvalue weighted by Gasteiger charge is -2.56. The van der Waals surface area contributed by atoms with E-state index < -0.39 is 35.5 Å². The van der Waals surface area contributed by atoms with Crippen molar-refractivity contribution < 1.29 is 33.3 Å². The average Bonchev–Trinajstić information content (AvgIpc) is 2.78. The molecule has 4 atom stereocenters. The normalized spacial score (nSPS) is 27.2. The lowest BCUT2D eigenvalue weighted by molar-refractivity contribution is -0.176. The Hall–Kier alpha value is -2.67. The van der Waals surface area contributed by atoms with E-state index in [1.54, 1.807) is 12.1 Å². The van der Waals surface area contributed by atoms with E-state index in [2.05, 4.69) is 13.8 Å². The van der Waals surface area contributed by atoms with E-state index in [0.717, 1.165) is 12.8 Å². The molecule has 0 N–H and O–H groups in total. The van der Waals surface area contributed by atoms with Crippen molar-refractivity contribution >= 4 is 17.9 Å². The molecule has 0 unspecified atom stereocenters. The van der Waals surface area contributed by atoms with Crippen LogP contribution >= 0.6 is 0 Å². The summed E-state index contributed by atoms with van der Waals surface area (Å²) in [5.41, 5.74) is 0.288. The van der Waals surface area contributed by atoms with Crippen LogP contribution in [0.3, 0.4) is 0 Å². The molecule has 1 aromatic rings. The largest absolute Gasteiger partial charge is 0.466 e. The van der Waals surface area contributed by atoms with Crippen molar-refractivity contribution in [3.8, 4) is 0 Å². The van der Waals surface area contributed by atoms with Gasteiger partial charge >= 0.3 is 17.9 Å². The number of rotatable bonds is 6. The van der Waals surface area contributed by atoms with Crippen LogP contribution in [0.25, 0.3) is 0 Å². The SMILES string of the molecule is COC(=O)C1=C(C(=O)OC)[C@]2(C)CCCC(C)(C)[C@H]2[C@H](OC(=O)[C@H](OC)c2ccccc2)C1. The van der Waals surface area contributed by atoms with Crippen molar-refractivity contribution in [3.63, 3.8) is 0 Å². The molecule has 0 aromatic heterocycles. The van der Waals surface area contributed by atoms with Gasteiger partial charge in [0.05, 0.1) is 25.4 Å². The molecule has 0 bridgehead atoms. The third-order valence-corrected chi connectivity index (χ3v) is 7.34. The summed E-state index contributed by atoms with van der Waals surface area (Å²) >= 11 is 0. The predicted octanol–water partition coefficient (Wildman–Crippen LogP) is 4.16. The molecule has 3 rings (SSSR count). The topological polar surface area (TPSA) is 88.1 Å². The Morgan fingerprint density at radius 2 is 1.58 bits per heavy atom. The summed E-state index contributed by atoms with van der Waals surface area (Å²) in [6.07, 6.45) is 1.03. The first-order valence-corrected chi connectivity index (χ1v) is 11.3. The monoisotopic (exact) mass is 458 g/mol. The van der Waals surface area contributed by atoms with E-state index in [-0.39, 0.29) is 23.3 Å². The van der Waals surface area contributed by atoms with Gasteiger partial charge in [0.15, 0.2) is 6.10 Å². The van der Waals surface area contributed by atoms with Gasteiger partial charge in [-0.3, -0.25) is 0 Å². The first kappa shape index (κ1) is 25.0. The molecular weight excluding hydrogens is 424 g/mol. The van der Waals surface area contributed by atoms with Crippen LogP contribution in [0.15, 0.2) is 41.5 Å². The summed E-state index contributed by atoms with van der Waals surface area (Å²) in [6, 6.07) is 9.13. The Morgan fingerprint density at radius 3 is 2.15 bits per heavy atom. The molecule has 2 aliphatic carbocycles. The summed E-state index contributed by atoms with van der Waals surface area (Å²) in [5.74, 6) is -1.86. The predicted molar refractivity (Wildman–Crippen MR) is 121 cm³/mol. The van der Waals surface area contributed by atoms with Crippen LogP contribution in [0.4, 0.5) is 0 Å². The number of methoxy groups -OCH3 is 3. The maximum Gasteiger partial charge on any atom is 0.340 e. The fourth-order valence-electron chi connectivity index (χ4n) is 6.13. The van der Waals surface area contributed by atoms with Crippen molar-refractivity contribution in [1.82, 2.24) is 0 Å². The zero-order chi connectivity index (χ0) is 24.4. The summed E-state index contributed by atoms with van der Waals surface area (Å²) < 4.78 is 21.7. The number of esters is 3. The molecule has 1 fully saturated rings. The Kier molecular flexibility index (Phi) is 7.32. The number of carbonyl (C=O) groups is 3. The van der Waals surface area contributed by atoms with Crippen LogP contribution < -0.4 is 0 Å². The van der Waals surface area contributed by atoms with E-state index in [0.29, 0.717) is 17.6 Å². The molecule has 0 amide bonds. The zero-order valence-corrected chi connectivity index (χ0v) is 20.3. The molecule has 0 spiro atoms. The summed E-state index contributed by atoms with van der Waals surface area (Å²) in [6.45, 7) is 6.22. The third kappa shape index (κ3) is 4.56. The minimum Gasteiger partial charge on any atom is -0.466 e. The van der Waals surface area contributed by atoms with Crippen LogP contribution in [-0.4, -0.2) is 45.3 Å². The highest BCUT2D eigenvalue weighted by molar-refractivity contribution is 6.02. The van der Waals surface area contributed by atoms with Gasteiger partial charge < -0.3 is 18.9 Å². The lowest BCUT2D eigenvalue weighted by Crippen LogP contribution is -2.55. The second-order valence-corrected chi connectivity index (χ2v) is 9.78. The van der Waals surface area contributed by atoms with Crippen molar-refractivity contribution in [3.05, 3.63) is 47.0 Å². The van der Waals surface area contributed by atoms with Gasteiger partial charge in [-0.25, -0.2) is 14.4 Å². The highest BCUT2D eigenvalue weighted by Crippen LogP contribution is 2.60. The Balaban J connectivity index is 2.07. The van der Waals surface area contributed by atoms with Gasteiger partial charge in [0.2, 0.25) is 0 Å². The van der Waals surface area contributed by atoms with E-state index in [4.69, 9.17) is 18.9 Å². The minimum absolute atomic E-state index is 0.0811. The molecule has 33 heavy (non-hydrogen) atoms. The van der Waals surface area contributed by atoms with Gasteiger partial charge in [0.25, 0.3) is 0 Å². The number of fused-ring (bicyclic) bond motifs is 1. The highest BCUT2D eigenvalue weighted by Gasteiger charge is 2.59. The van der Waals surface area contributed by atoms with Gasteiger partial charge in [-0.15, -0.1) is 0 Å². The molecule has 0 aliphatic heterocycles. The lowest BCUT2D eigenvalue weighted by atomic mass is 9.49. The highest BCUT2D eigenvalue weighted by atomic mass is 16.6. The maximum atomic E-state index is 13.3. The van der Waals surface area contributed by atoms with Gasteiger partial charge in [-0.1, -0.05) is 57.5 Å². The van der Waals surface area contributed by atoms with Gasteiger partial charge in [0, 0.05) is 24.9 Å². The van der Waals surface area contributed by atoms with E-state index in [9.17, 15) is 14.4 Å². The van der Waals surface area contributed by atoms with Crippen molar-refractivity contribution in [2.24, 2.45) is 16.7 Å². The van der Waals surface area contributed by atoms with E-state index >= 15 is 0 Å². The molecule has 0 radical (unpaired) electrons. The Morgan fingerprint density at radius 1 is 0.939 bits per heavy atom. The van der Waals surface area contributed by atoms with E-state index in [1.165, 1.54) is 21.3 Å². The fraction of sp³-hybridized carbons (Fsp3) is 0.577. The second kappa shape index (κ2) is 9.67. The van der Waals surface area contributed by atoms with Crippen LogP contribution in [0.5, 0.6) is 0 Å². The Labute approximate surface area is 195 Å². The molecule has 1 aromatic carbocycles. The van der Waals surface area contributed by atoms with Gasteiger partial charge in [-0.05, 0) is 23.8 Å². The first-order valence-electron chi connectivity index (χ1n) is 11.3. The second-order valence-electron chi connectivity index (χ2n) is 9.78. The van der Waals surface area contributed by atoms with E-state index in [1.807, 2.05) is 25.1 Å². The van der Waals surface area contributed by atoms with Gasteiger partial charge in [0.1, 0.15) is 6.10 Å². The quantitative estimate of drug-likeness (QED) is 0.467. The van der Waals surface area contributed by atoms with Crippen LogP contribution in [0, 0.1) is 16.7 Å². The fourth-order valence-corrected chi connectivity index (χ4v) is 6.13. The molecule has 180 valence electrons. The number of hydrogen-bond donors (Lipinski definition) is 0.